The Balaban J connectivity index is 0.00000261. The highest BCUT2D eigenvalue weighted by Crippen LogP contribution is 2.26. The van der Waals surface area contributed by atoms with E-state index in [1.807, 2.05) is 13.1 Å². The largest absolute Gasteiger partial charge is 0.357 e. The van der Waals surface area contributed by atoms with Gasteiger partial charge in [-0.05, 0) is 33.1 Å². The fourth-order valence-electron chi connectivity index (χ4n) is 3.90. The molecule has 1 aliphatic carbocycles. The fourth-order valence-corrected chi connectivity index (χ4v) is 3.90. The maximum absolute atomic E-state index is 12.7. The number of nitrogens with one attached hydrogen (secondary N) is 3. The third-order valence-electron chi connectivity index (χ3n) is 5.48. The van der Waals surface area contributed by atoms with Gasteiger partial charge in [-0.15, -0.1) is 24.0 Å². The SMILES string of the molecule is CCNC(=NCc1cn[nH]c1C)NC1CCN(C(=O)C2CCCCC2)C1.I. The third-order valence-corrected chi connectivity index (χ3v) is 5.48. The van der Waals surface area contributed by atoms with E-state index in [-0.39, 0.29) is 35.9 Å². The number of amides is 1. The molecule has 7 nitrogen and oxygen atoms in total. The third kappa shape index (κ3) is 6.08. The average Bonchev–Trinajstić information content (AvgIpc) is 3.29. The van der Waals surface area contributed by atoms with E-state index in [1.165, 1.54) is 19.3 Å². The molecule has 3 N–H and O–H groups in total. The van der Waals surface area contributed by atoms with Crippen LogP contribution in [0.25, 0.3) is 0 Å². The van der Waals surface area contributed by atoms with E-state index >= 15 is 0 Å². The maximum Gasteiger partial charge on any atom is 0.225 e. The van der Waals surface area contributed by atoms with Crippen LogP contribution >= 0.6 is 24.0 Å². The lowest BCUT2D eigenvalue weighted by Gasteiger charge is -2.26. The van der Waals surface area contributed by atoms with Crippen LogP contribution in [-0.4, -0.2) is 52.6 Å². The van der Waals surface area contributed by atoms with Crippen molar-refractivity contribution >= 4 is 35.8 Å². The van der Waals surface area contributed by atoms with Crippen LogP contribution in [-0.2, 0) is 11.3 Å². The van der Waals surface area contributed by atoms with Crippen molar-refractivity contribution in [3.8, 4) is 0 Å². The van der Waals surface area contributed by atoms with E-state index in [1.54, 1.807) is 0 Å². The van der Waals surface area contributed by atoms with Gasteiger partial charge in [-0.2, -0.15) is 5.10 Å². The van der Waals surface area contributed by atoms with Crippen LogP contribution in [0.4, 0.5) is 0 Å². The minimum absolute atomic E-state index is 0. The topological polar surface area (TPSA) is 85.4 Å². The monoisotopic (exact) mass is 488 g/mol. The van der Waals surface area contributed by atoms with E-state index in [4.69, 9.17) is 0 Å². The van der Waals surface area contributed by atoms with E-state index in [0.29, 0.717) is 12.5 Å². The molecule has 2 fully saturated rings. The van der Waals surface area contributed by atoms with E-state index in [2.05, 4.69) is 37.6 Å². The number of aryl methyl sites for hydroxylation is 1. The number of aromatic amines is 1. The minimum atomic E-state index is 0. The van der Waals surface area contributed by atoms with E-state index in [9.17, 15) is 4.79 Å². The second-order valence-electron chi connectivity index (χ2n) is 7.46. The molecule has 1 unspecified atom stereocenters. The number of rotatable bonds is 5. The summed E-state index contributed by atoms with van der Waals surface area (Å²) in [7, 11) is 0. The molecule has 1 aliphatic heterocycles. The minimum Gasteiger partial charge on any atom is -0.357 e. The summed E-state index contributed by atoms with van der Waals surface area (Å²) >= 11 is 0. The van der Waals surface area contributed by atoms with Crippen LogP contribution in [0.15, 0.2) is 11.2 Å². The molecule has 1 atom stereocenters. The first-order chi connectivity index (χ1) is 12.7. The summed E-state index contributed by atoms with van der Waals surface area (Å²) < 4.78 is 0. The molecule has 0 spiro atoms. The van der Waals surface area contributed by atoms with Gasteiger partial charge in [-0.25, -0.2) is 4.99 Å². The summed E-state index contributed by atoms with van der Waals surface area (Å²) in [5.41, 5.74) is 2.15. The number of aromatic nitrogens is 2. The molecule has 2 aliphatic rings. The van der Waals surface area contributed by atoms with Crippen LogP contribution in [0.3, 0.4) is 0 Å². The molecule has 1 saturated carbocycles. The quantitative estimate of drug-likeness (QED) is 0.338. The molecular formula is C19H33IN6O. The van der Waals surface area contributed by atoms with Crippen molar-refractivity contribution < 1.29 is 4.79 Å². The number of carbonyl (C=O) groups is 1. The van der Waals surface area contributed by atoms with Crippen LogP contribution < -0.4 is 10.6 Å². The number of guanidine groups is 1. The zero-order valence-corrected chi connectivity index (χ0v) is 18.8. The van der Waals surface area contributed by atoms with Crippen LogP contribution in [0.2, 0.25) is 0 Å². The number of hydrogen-bond acceptors (Lipinski definition) is 3. The Bertz CT molecular complexity index is 625. The predicted octanol–water partition coefficient (Wildman–Crippen LogP) is 2.57. The summed E-state index contributed by atoms with van der Waals surface area (Å²) in [5, 5.41) is 13.8. The first-order valence-electron chi connectivity index (χ1n) is 10.00. The van der Waals surface area contributed by atoms with Crippen molar-refractivity contribution in [2.24, 2.45) is 10.9 Å². The molecule has 3 rings (SSSR count). The van der Waals surface area contributed by atoms with Crippen LogP contribution in [0.1, 0.15) is 56.7 Å². The highest BCUT2D eigenvalue weighted by molar-refractivity contribution is 14.0. The van der Waals surface area contributed by atoms with Crippen molar-refractivity contribution in [2.75, 3.05) is 19.6 Å². The predicted molar refractivity (Wildman–Crippen MR) is 118 cm³/mol. The molecule has 1 aromatic rings. The highest BCUT2D eigenvalue weighted by atomic mass is 127. The van der Waals surface area contributed by atoms with Gasteiger partial charge in [0, 0.05) is 42.9 Å². The molecule has 0 radical (unpaired) electrons. The summed E-state index contributed by atoms with van der Waals surface area (Å²) in [5.74, 6) is 1.43. The van der Waals surface area contributed by atoms with Gasteiger partial charge in [0.15, 0.2) is 5.96 Å². The van der Waals surface area contributed by atoms with Gasteiger partial charge in [0.05, 0.1) is 12.7 Å². The van der Waals surface area contributed by atoms with E-state index < -0.39 is 0 Å². The number of H-pyrrole nitrogens is 1. The van der Waals surface area contributed by atoms with Crippen molar-refractivity contribution in [3.05, 3.63) is 17.5 Å². The van der Waals surface area contributed by atoms with Gasteiger partial charge in [0.25, 0.3) is 0 Å². The van der Waals surface area contributed by atoms with Gasteiger partial charge in [0.1, 0.15) is 0 Å². The summed E-state index contributed by atoms with van der Waals surface area (Å²) in [6, 6.07) is 0.269. The van der Waals surface area contributed by atoms with Gasteiger partial charge in [-0.1, -0.05) is 19.3 Å². The fraction of sp³-hybridized carbons (Fsp3) is 0.737. The Labute approximate surface area is 179 Å². The smallest absolute Gasteiger partial charge is 0.225 e. The van der Waals surface area contributed by atoms with Gasteiger partial charge in [0.2, 0.25) is 5.91 Å². The lowest BCUT2D eigenvalue weighted by molar-refractivity contribution is -0.135. The molecule has 1 amide bonds. The highest BCUT2D eigenvalue weighted by Gasteiger charge is 2.31. The maximum atomic E-state index is 12.7. The van der Waals surface area contributed by atoms with Crippen molar-refractivity contribution in [1.29, 1.82) is 0 Å². The molecular weight excluding hydrogens is 455 g/mol. The number of hydrogen-bond donors (Lipinski definition) is 3. The Morgan fingerprint density at radius 3 is 2.78 bits per heavy atom. The summed E-state index contributed by atoms with van der Waals surface area (Å²) in [4.78, 5) is 19.4. The molecule has 0 aromatic carbocycles. The second kappa shape index (κ2) is 10.9. The molecule has 152 valence electrons. The molecule has 0 bridgehead atoms. The standard InChI is InChI=1S/C19H32N6O.HI/c1-3-20-19(21-11-16-12-22-24-14(16)2)23-17-9-10-25(13-17)18(26)15-7-5-4-6-8-15;/h12,15,17H,3-11,13H2,1-2H3,(H,22,24)(H2,20,21,23);1H. The van der Waals surface area contributed by atoms with Gasteiger partial charge in [-0.3, -0.25) is 9.89 Å². The Morgan fingerprint density at radius 1 is 1.33 bits per heavy atom. The van der Waals surface area contributed by atoms with Crippen molar-refractivity contribution in [1.82, 2.24) is 25.7 Å². The second-order valence-corrected chi connectivity index (χ2v) is 7.46. The van der Waals surface area contributed by atoms with Gasteiger partial charge >= 0.3 is 0 Å². The summed E-state index contributed by atoms with van der Waals surface area (Å²) in [6.45, 7) is 7.11. The number of nitrogens with zero attached hydrogens (tertiary/aromatic N) is 3. The number of halogens is 1. The number of likely N-dealkylation sites (tertiary alicyclic amines) is 1. The van der Waals surface area contributed by atoms with Crippen LogP contribution in [0.5, 0.6) is 0 Å². The molecule has 1 aromatic heterocycles. The van der Waals surface area contributed by atoms with Crippen molar-refractivity contribution in [2.45, 2.75) is 65.0 Å². The average molecular weight is 488 g/mol. The van der Waals surface area contributed by atoms with Gasteiger partial charge < -0.3 is 15.5 Å². The molecule has 8 heteroatoms. The number of carbonyl (C=O) groups excluding carboxylic acids is 1. The normalized spacial score (nSPS) is 21.0. The zero-order chi connectivity index (χ0) is 18.4. The Hall–Kier alpha value is -1.32. The zero-order valence-electron chi connectivity index (χ0n) is 16.5. The van der Waals surface area contributed by atoms with E-state index in [0.717, 1.165) is 56.1 Å². The molecule has 2 heterocycles. The Morgan fingerprint density at radius 2 is 2.11 bits per heavy atom. The molecule has 1 saturated heterocycles. The molecule has 27 heavy (non-hydrogen) atoms. The lowest BCUT2D eigenvalue weighted by Crippen LogP contribution is -2.45. The summed E-state index contributed by atoms with van der Waals surface area (Å²) in [6.07, 6.45) is 8.64. The Kier molecular flexibility index (Phi) is 8.85. The first-order valence-corrected chi connectivity index (χ1v) is 10.00. The van der Waals surface area contributed by atoms with Crippen LogP contribution in [0, 0.1) is 12.8 Å². The lowest BCUT2D eigenvalue weighted by atomic mass is 9.88. The number of aliphatic imine (C=N–C) groups is 1. The van der Waals surface area contributed by atoms with Crippen molar-refractivity contribution in [3.63, 3.8) is 0 Å². The first kappa shape index (κ1) is 22.0.